The summed E-state index contributed by atoms with van der Waals surface area (Å²) >= 11 is 0. The van der Waals surface area contributed by atoms with Crippen LogP contribution in [-0.4, -0.2) is 11.7 Å². The molecule has 1 aromatic heterocycles. The highest BCUT2D eigenvalue weighted by Crippen LogP contribution is 2.40. The summed E-state index contributed by atoms with van der Waals surface area (Å²) < 4.78 is 5.50. The van der Waals surface area contributed by atoms with Gasteiger partial charge in [0.15, 0.2) is 11.5 Å². The summed E-state index contributed by atoms with van der Waals surface area (Å²) in [5.74, 6) is 1.29. The second kappa shape index (κ2) is 6.40. The first-order chi connectivity index (χ1) is 11.6. The predicted molar refractivity (Wildman–Crippen MR) is 91.7 cm³/mol. The fourth-order valence-electron chi connectivity index (χ4n) is 3.49. The van der Waals surface area contributed by atoms with E-state index in [1.165, 1.54) is 0 Å². The number of benzene rings is 1. The number of nitriles is 1. The molecule has 124 valence electrons. The number of nitrogen functional groups attached to an aromatic ring is 1. The first-order valence-corrected chi connectivity index (χ1v) is 8.30. The highest BCUT2D eigenvalue weighted by molar-refractivity contribution is 5.79. The van der Waals surface area contributed by atoms with Crippen molar-refractivity contribution in [3.05, 3.63) is 35.0 Å². The van der Waals surface area contributed by atoms with Crippen LogP contribution in [0.2, 0.25) is 0 Å². The summed E-state index contributed by atoms with van der Waals surface area (Å²) in [5.41, 5.74) is 10.5. The van der Waals surface area contributed by atoms with Crippen molar-refractivity contribution >= 4 is 5.82 Å². The molecule has 1 heterocycles. The van der Waals surface area contributed by atoms with Crippen molar-refractivity contribution in [1.29, 1.82) is 5.26 Å². The van der Waals surface area contributed by atoms with Crippen LogP contribution in [0.3, 0.4) is 0 Å². The lowest BCUT2D eigenvalue weighted by Crippen LogP contribution is -2.26. The van der Waals surface area contributed by atoms with Crippen LogP contribution in [0.25, 0.3) is 11.1 Å². The molecule has 5 heteroatoms. The molecule has 1 atom stereocenters. The van der Waals surface area contributed by atoms with Gasteiger partial charge in [0, 0.05) is 17.0 Å². The van der Waals surface area contributed by atoms with E-state index in [2.05, 4.69) is 18.0 Å². The van der Waals surface area contributed by atoms with Gasteiger partial charge < -0.3 is 9.84 Å². The molecule has 0 saturated heterocycles. The number of nitrogens with two attached hydrogens (primary N) is 1. The molecule has 0 radical (unpaired) electrons. The molecular formula is C19H22N3O2+. The molecular weight excluding hydrogens is 302 g/mol. The zero-order chi connectivity index (χ0) is 17.3. The zero-order valence-corrected chi connectivity index (χ0v) is 14.0. The SMILES string of the molecule is CCOc1cc(-c2c(C#N)c(N)[nH+]c3c2CCC[C@H]3C)ccc1O. The van der Waals surface area contributed by atoms with Crippen LogP contribution in [0.4, 0.5) is 5.82 Å². The Hall–Kier alpha value is -2.74. The number of ether oxygens (including phenoxy) is 1. The van der Waals surface area contributed by atoms with Crippen LogP contribution in [0.15, 0.2) is 18.2 Å². The van der Waals surface area contributed by atoms with Gasteiger partial charge in [-0.05, 0) is 43.9 Å². The molecule has 0 saturated carbocycles. The van der Waals surface area contributed by atoms with Gasteiger partial charge in [0.2, 0.25) is 0 Å². The number of nitrogens with one attached hydrogen (secondary N) is 1. The van der Waals surface area contributed by atoms with E-state index >= 15 is 0 Å². The van der Waals surface area contributed by atoms with E-state index in [4.69, 9.17) is 10.5 Å². The number of hydrogen-bond acceptors (Lipinski definition) is 4. The molecule has 1 aliphatic rings. The number of fused-ring (bicyclic) bond motifs is 1. The largest absolute Gasteiger partial charge is 0.504 e. The number of aromatic hydroxyl groups is 1. The standard InChI is InChI=1S/C19H21N3O2/c1-3-24-16-9-12(7-8-15(16)23)17-13-6-4-5-11(2)18(13)22-19(21)14(17)10-20/h7-9,11,23H,3-6H2,1-2H3,(H2,21,22)/p+1/t11-/m1/s1. The van der Waals surface area contributed by atoms with Crippen molar-refractivity contribution in [3.8, 4) is 28.7 Å². The van der Waals surface area contributed by atoms with Crippen LogP contribution < -0.4 is 15.5 Å². The monoisotopic (exact) mass is 324 g/mol. The van der Waals surface area contributed by atoms with Gasteiger partial charge in [0.05, 0.1) is 6.61 Å². The summed E-state index contributed by atoms with van der Waals surface area (Å²) in [4.78, 5) is 3.23. The van der Waals surface area contributed by atoms with Crippen LogP contribution in [0.5, 0.6) is 11.5 Å². The minimum atomic E-state index is 0.0943. The Morgan fingerprint density at radius 2 is 2.25 bits per heavy atom. The Kier molecular flexibility index (Phi) is 4.30. The first kappa shape index (κ1) is 16.1. The maximum absolute atomic E-state index is 9.95. The number of H-pyrrole nitrogens is 1. The third-order valence-corrected chi connectivity index (χ3v) is 4.63. The Balaban J connectivity index is 2.27. The fourth-order valence-corrected chi connectivity index (χ4v) is 3.49. The molecule has 0 bridgehead atoms. The Bertz CT molecular complexity index is 824. The van der Waals surface area contributed by atoms with Gasteiger partial charge in [0.25, 0.3) is 5.82 Å². The van der Waals surface area contributed by atoms with Crippen LogP contribution in [0, 0.1) is 11.3 Å². The van der Waals surface area contributed by atoms with Crippen molar-refractivity contribution < 1.29 is 14.8 Å². The summed E-state index contributed by atoms with van der Waals surface area (Å²) in [7, 11) is 0. The maximum Gasteiger partial charge on any atom is 0.289 e. The van der Waals surface area contributed by atoms with E-state index in [0.717, 1.165) is 41.6 Å². The fraction of sp³-hybridized carbons (Fsp3) is 0.368. The highest BCUT2D eigenvalue weighted by atomic mass is 16.5. The van der Waals surface area contributed by atoms with E-state index in [0.29, 0.717) is 29.7 Å². The normalized spacial score (nSPS) is 16.3. The van der Waals surface area contributed by atoms with Crippen molar-refractivity contribution in [2.24, 2.45) is 0 Å². The first-order valence-electron chi connectivity index (χ1n) is 8.30. The summed E-state index contributed by atoms with van der Waals surface area (Å²) in [6, 6.07) is 7.44. The molecule has 4 N–H and O–H groups in total. The van der Waals surface area contributed by atoms with Gasteiger partial charge in [-0.15, -0.1) is 0 Å². The molecule has 1 aromatic carbocycles. The van der Waals surface area contributed by atoms with Crippen molar-refractivity contribution in [2.75, 3.05) is 12.3 Å². The summed E-state index contributed by atoms with van der Waals surface area (Å²) in [6.07, 6.45) is 3.10. The van der Waals surface area contributed by atoms with E-state index in [1.807, 2.05) is 13.0 Å². The number of aromatic nitrogens is 1. The van der Waals surface area contributed by atoms with Crippen LogP contribution in [0.1, 0.15) is 49.4 Å². The molecule has 2 aromatic rings. The Morgan fingerprint density at radius 1 is 1.46 bits per heavy atom. The average Bonchev–Trinajstić information content (AvgIpc) is 2.57. The molecule has 1 aliphatic carbocycles. The molecule has 24 heavy (non-hydrogen) atoms. The summed E-state index contributed by atoms with van der Waals surface area (Å²) in [5, 5.41) is 19.6. The topological polar surface area (TPSA) is 93.4 Å². The second-order valence-electron chi connectivity index (χ2n) is 6.20. The van der Waals surface area contributed by atoms with E-state index < -0.39 is 0 Å². The maximum atomic E-state index is 9.95. The van der Waals surface area contributed by atoms with E-state index in [1.54, 1.807) is 12.1 Å². The van der Waals surface area contributed by atoms with Gasteiger partial charge in [-0.3, -0.25) is 5.73 Å². The number of aromatic amines is 1. The van der Waals surface area contributed by atoms with Crippen LogP contribution in [-0.2, 0) is 6.42 Å². The van der Waals surface area contributed by atoms with Crippen molar-refractivity contribution in [3.63, 3.8) is 0 Å². The molecule has 5 nitrogen and oxygen atoms in total. The molecule has 0 fully saturated rings. The number of hydrogen-bond donors (Lipinski definition) is 2. The lowest BCUT2D eigenvalue weighted by atomic mass is 9.82. The van der Waals surface area contributed by atoms with Gasteiger partial charge in [-0.2, -0.15) is 5.26 Å². The Labute approximate surface area is 141 Å². The van der Waals surface area contributed by atoms with Gasteiger partial charge >= 0.3 is 0 Å². The average molecular weight is 324 g/mol. The number of phenols is 1. The molecule has 0 unspecified atom stereocenters. The molecule has 0 aliphatic heterocycles. The van der Waals surface area contributed by atoms with Gasteiger partial charge in [0.1, 0.15) is 17.3 Å². The summed E-state index contributed by atoms with van der Waals surface area (Å²) in [6.45, 7) is 4.50. The van der Waals surface area contributed by atoms with Crippen molar-refractivity contribution in [2.45, 2.75) is 39.0 Å². The number of rotatable bonds is 3. The molecule has 0 spiro atoms. The van der Waals surface area contributed by atoms with E-state index in [9.17, 15) is 10.4 Å². The minimum absolute atomic E-state index is 0.0943. The third kappa shape index (κ3) is 2.65. The zero-order valence-electron chi connectivity index (χ0n) is 14.0. The quantitative estimate of drug-likeness (QED) is 0.907. The van der Waals surface area contributed by atoms with E-state index in [-0.39, 0.29) is 5.75 Å². The van der Waals surface area contributed by atoms with Gasteiger partial charge in [-0.25, -0.2) is 4.98 Å². The second-order valence-corrected chi connectivity index (χ2v) is 6.20. The molecule has 3 rings (SSSR count). The number of pyridine rings is 1. The third-order valence-electron chi connectivity index (χ3n) is 4.63. The lowest BCUT2D eigenvalue weighted by Gasteiger charge is -2.23. The number of nitrogens with zero attached hydrogens (tertiary/aromatic N) is 1. The molecule has 0 amide bonds. The minimum Gasteiger partial charge on any atom is -0.504 e. The van der Waals surface area contributed by atoms with Crippen LogP contribution >= 0.6 is 0 Å². The Morgan fingerprint density at radius 3 is 2.96 bits per heavy atom. The van der Waals surface area contributed by atoms with Gasteiger partial charge in [-0.1, -0.05) is 13.0 Å². The predicted octanol–water partition coefficient (Wildman–Crippen LogP) is 3.17. The smallest absolute Gasteiger partial charge is 0.289 e. The number of anilines is 1. The number of phenolic OH excluding ortho intramolecular Hbond substituents is 1. The van der Waals surface area contributed by atoms with Crippen molar-refractivity contribution in [1.82, 2.24) is 0 Å². The highest BCUT2D eigenvalue weighted by Gasteiger charge is 2.28. The lowest BCUT2D eigenvalue weighted by molar-refractivity contribution is -0.377.